The van der Waals surface area contributed by atoms with Crippen molar-refractivity contribution in [3.8, 4) is 11.5 Å². The number of nitrogens with two attached hydrogens (primary N) is 1. The van der Waals surface area contributed by atoms with Crippen molar-refractivity contribution in [2.75, 3.05) is 54.2 Å². The maximum atomic E-state index is 13.9. The molecule has 2 saturated heterocycles. The number of ether oxygens (including phenoxy) is 5. The van der Waals surface area contributed by atoms with Gasteiger partial charge in [-0.15, -0.1) is 0 Å². The number of nitrogens with zero attached hydrogens (tertiary/aromatic N) is 1. The molecule has 0 aromatic heterocycles. The monoisotopic (exact) mass is 741 g/mol. The summed E-state index contributed by atoms with van der Waals surface area (Å²) in [6.07, 6.45) is -0.554. The summed E-state index contributed by atoms with van der Waals surface area (Å²) in [5.41, 5.74) is 7.59. The van der Waals surface area contributed by atoms with Gasteiger partial charge in [0.2, 0.25) is 10.0 Å². The summed E-state index contributed by atoms with van der Waals surface area (Å²) < 4.78 is 80.4. The van der Waals surface area contributed by atoms with Crippen LogP contribution in [-0.4, -0.2) is 103 Å². The number of benzene rings is 2. The number of methoxy groups -OCH3 is 1. The maximum absolute atomic E-state index is 13.9. The summed E-state index contributed by atoms with van der Waals surface area (Å²) in [5, 5.41) is 2.00. The number of carbonyl (C=O) groups is 1. The fourth-order valence-electron chi connectivity index (χ4n) is 6.00. The number of carbonyl (C=O) groups excluding carboxylic acids is 1. The van der Waals surface area contributed by atoms with E-state index < -0.39 is 47.1 Å². The highest BCUT2D eigenvalue weighted by molar-refractivity contribution is 7.89. The summed E-state index contributed by atoms with van der Waals surface area (Å²) in [5.74, 6) is 1.00. The Hall–Kier alpha value is -2.75. The van der Waals surface area contributed by atoms with Crippen LogP contribution in [0.3, 0.4) is 0 Å². The van der Waals surface area contributed by atoms with Gasteiger partial charge >= 0.3 is 13.7 Å². The standard InChI is InChI=1S/C34H52N3O11PS/c1-23(2)19-37(50(40,41)27-14-12-25(42-5)13-15-27)20-29(35)30(36-33(38)48-31-21-46-32-28(31)16-17-45-32)18-24-8-10-26(11-9-24)47-22-34(3,4)49(39,43-6)44-7/h8-15,23,28-32H,16-22,35H2,1-7H3,(H,36,38)/t28-,29+,30-,31-,32+/m0/s1. The van der Waals surface area contributed by atoms with E-state index in [-0.39, 0.29) is 55.7 Å². The van der Waals surface area contributed by atoms with E-state index >= 15 is 0 Å². The Bertz CT molecular complexity index is 1550. The van der Waals surface area contributed by atoms with Gasteiger partial charge in [0.05, 0.1) is 37.2 Å². The van der Waals surface area contributed by atoms with Gasteiger partial charge in [0, 0.05) is 33.4 Å². The van der Waals surface area contributed by atoms with Crippen LogP contribution in [0, 0.1) is 11.8 Å². The summed E-state index contributed by atoms with van der Waals surface area (Å²) in [7, 11) is -3.17. The van der Waals surface area contributed by atoms with Crippen LogP contribution in [0.5, 0.6) is 11.5 Å². The lowest BCUT2D eigenvalue weighted by Gasteiger charge is -2.32. The van der Waals surface area contributed by atoms with Crippen LogP contribution in [0.2, 0.25) is 0 Å². The topological polar surface area (TPSA) is 174 Å². The van der Waals surface area contributed by atoms with E-state index in [1.807, 2.05) is 26.0 Å². The van der Waals surface area contributed by atoms with Crippen LogP contribution in [0.1, 0.15) is 39.7 Å². The fourth-order valence-corrected chi connectivity index (χ4v) is 9.00. The average molecular weight is 742 g/mol. The summed E-state index contributed by atoms with van der Waals surface area (Å²) in [6, 6.07) is 11.8. The molecule has 0 unspecified atom stereocenters. The molecule has 2 aliphatic heterocycles. The van der Waals surface area contributed by atoms with E-state index in [1.165, 1.54) is 37.8 Å². The Morgan fingerprint density at radius 2 is 1.66 bits per heavy atom. The molecule has 2 fully saturated rings. The molecular weight excluding hydrogens is 689 g/mol. The third kappa shape index (κ3) is 9.77. The van der Waals surface area contributed by atoms with Crippen molar-refractivity contribution in [1.82, 2.24) is 9.62 Å². The van der Waals surface area contributed by atoms with Crippen LogP contribution in [0.4, 0.5) is 4.79 Å². The number of hydrogen-bond acceptors (Lipinski definition) is 12. The van der Waals surface area contributed by atoms with Gasteiger partial charge in [-0.3, -0.25) is 4.57 Å². The average Bonchev–Trinajstić information content (AvgIpc) is 3.72. The van der Waals surface area contributed by atoms with E-state index in [1.54, 1.807) is 38.1 Å². The minimum Gasteiger partial charge on any atom is -0.497 e. The number of hydrogen-bond donors (Lipinski definition) is 2. The van der Waals surface area contributed by atoms with Crippen LogP contribution >= 0.6 is 7.60 Å². The summed E-state index contributed by atoms with van der Waals surface area (Å²) in [6.45, 7) is 8.29. The lowest BCUT2D eigenvalue weighted by molar-refractivity contribution is -0.0907. The molecule has 2 aromatic rings. The Labute approximate surface area is 295 Å². The molecule has 0 radical (unpaired) electrons. The zero-order chi connectivity index (χ0) is 36.7. The second-order valence-corrected chi connectivity index (χ2v) is 18.5. The molecule has 2 aliphatic rings. The second-order valence-electron chi connectivity index (χ2n) is 13.6. The SMILES string of the molecule is COc1ccc(S(=O)(=O)N(CC(C)C)C[C@@H](N)[C@H](Cc2ccc(OCC(C)(C)P(=O)(OC)OC)cc2)NC(=O)O[C@H]2CO[C@H]3OCC[C@H]32)cc1. The molecule has 5 atom stereocenters. The molecule has 2 heterocycles. The van der Waals surface area contributed by atoms with Gasteiger partial charge in [-0.1, -0.05) is 26.0 Å². The van der Waals surface area contributed by atoms with E-state index in [4.69, 9.17) is 38.5 Å². The van der Waals surface area contributed by atoms with Crippen LogP contribution < -0.4 is 20.5 Å². The van der Waals surface area contributed by atoms with Crippen LogP contribution in [-0.2, 0) is 44.3 Å². The Morgan fingerprint density at radius 3 is 2.26 bits per heavy atom. The lowest BCUT2D eigenvalue weighted by Crippen LogP contribution is -2.55. The molecule has 16 heteroatoms. The number of nitrogens with one attached hydrogen (secondary N) is 1. The van der Waals surface area contributed by atoms with Crippen molar-refractivity contribution < 1.29 is 50.5 Å². The van der Waals surface area contributed by atoms with E-state index in [0.29, 0.717) is 18.1 Å². The van der Waals surface area contributed by atoms with E-state index in [0.717, 1.165) is 12.0 Å². The van der Waals surface area contributed by atoms with Crippen LogP contribution in [0.25, 0.3) is 0 Å². The molecule has 14 nitrogen and oxygen atoms in total. The third-order valence-corrected chi connectivity index (χ3v) is 13.4. The molecule has 50 heavy (non-hydrogen) atoms. The first-order chi connectivity index (χ1) is 23.6. The number of rotatable bonds is 18. The number of sulfonamides is 1. The molecule has 0 saturated carbocycles. The molecular formula is C34H52N3O11PS. The normalized spacial score (nSPS) is 20.8. The highest BCUT2D eigenvalue weighted by Crippen LogP contribution is 2.58. The van der Waals surface area contributed by atoms with Gasteiger partial charge in [0.1, 0.15) is 29.4 Å². The molecule has 0 bridgehead atoms. The Kier molecular flexibility index (Phi) is 13.8. The Balaban J connectivity index is 1.52. The van der Waals surface area contributed by atoms with Crippen molar-refractivity contribution in [3.63, 3.8) is 0 Å². The third-order valence-electron chi connectivity index (χ3n) is 8.94. The minimum atomic E-state index is -3.95. The second kappa shape index (κ2) is 17.2. The summed E-state index contributed by atoms with van der Waals surface area (Å²) in [4.78, 5) is 13.4. The van der Waals surface area contributed by atoms with Crippen molar-refractivity contribution in [2.45, 2.75) is 75.1 Å². The first kappa shape index (κ1) is 40.0. The molecule has 280 valence electrons. The van der Waals surface area contributed by atoms with Gasteiger partial charge in [-0.05, 0) is 74.6 Å². The molecule has 3 N–H and O–H groups in total. The van der Waals surface area contributed by atoms with E-state index in [2.05, 4.69) is 5.32 Å². The van der Waals surface area contributed by atoms with Crippen molar-refractivity contribution >= 4 is 23.7 Å². The quantitative estimate of drug-likeness (QED) is 0.206. The minimum absolute atomic E-state index is 0.00486. The largest absolute Gasteiger partial charge is 0.497 e. The van der Waals surface area contributed by atoms with Crippen molar-refractivity contribution in [1.29, 1.82) is 0 Å². The van der Waals surface area contributed by atoms with Gasteiger partial charge in [0.25, 0.3) is 0 Å². The van der Waals surface area contributed by atoms with E-state index in [9.17, 15) is 17.8 Å². The summed E-state index contributed by atoms with van der Waals surface area (Å²) >= 11 is 0. The number of alkyl carbamates (subject to hydrolysis) is 1. The lowest BCUT2D eigenvalue weighted by atomic mass is 9.99. The first-order valence-corrected chi connectivity index (χ1v) is 19.6. The van der Waals surface area contributed by atoms with Gasteiger partial charge < -0.3 is 43.8 Å². The zero-order valence-electron chi connectivity index (χ0n) is 29.9. The zero-order valence-corrected chi connectivity index (χ0v) is 31.6. The van der Waals surface area contributed by atoms with Crippen LogP contribution in [0.15, 0.2) is 53.4 Å². The first-order valence-electron chi connectivity index (χ1n) is 16.7. The fraction of sp³-hybridized carbons (Fsp3) is 0.618. The highest BCUT2D eigenvalue weighted by atomic mass is 32.2. The Morgan fingerprint density at radius 1 is 1.02 bits per heavy atom. The van der Waals surface area contributed by atoms with Gasteiger partial charge in [0.15, 0.2) is 6.29 Å². The smallest absolute Gasteiger partial charge is 0.407 e. The van der Waals surface area contributed by atoms with Gasteiger partial charge in [-0.25, -0.2) is 13.2 Å². The predicted octanol–water partition coefficient (Wildman–Crippen LogP) is 4.41. The molecule has 2 aromatic carbocycles. The highest BCUT2D eigenvalue weighted by Gasteiger charge is 2.45. The van der Waals surface area contributed by atoms with Gasteiger partial charge in [-0.2, -0.15) is 4.31 Å². The molecule has 0 aliphatic carbocycles. The molecule has 1 amide bonds. The maximum Gasteiger partial charge on any atom is 0.407 e. The number of fused-ring (bicyclic) bond motifs is 1. The van der Waals surface area contributed by atoms with Crippen molar-refractivity contribution in [3.05, 3.63) is 54.1 Å². The predicted molar refractivity (Wildman–Crippen MR) is 187 cm³/mol. The number of amides is 1. The van der Waals surface area contributed by atoms with Crippen molar-refractivity contribution in [2.24, 2.45) is 17.6 Å². The molecule has 4 rings (SSSR count). The molecule has 0 spiro atoms.